The fourth-order valence-electron chi connectivity index (χ4n) is 2.80. The molecule has 0 saturated heterocycles. The third-order valence-corrected chi connectivity index (χ3v) is 5.69. The van der Waals surface area contributed by atoms with Gasteiger partial charge in [0.05, 0.1) is 13.7 Å². The first kappa shape index (κ1) is 18.4. The van der Waals surface area contributed by atoms with Crippen LogP contribution in [0.4, 0.5) is 0 Å². The van der Waals surface area contributed by atoms with Gasteiger partial charge in [0.25, 0.3) is 5.91 Å². The molecule has 0 aliphatic heterocycles. The molecular formula is C19H22N2O4S. The van der Waals surface area contributed by atoms with E-state index in [1.807, 2.05) is 0 Å². The van der Waals surface area contributed by atoms with E-state index in [2.05, 4.69) is 5.32 Å². The van der Waals surface area contributed by atoms with Crippen LogP contribution < -0.4 is 14.9 Å². The van der Waals surface area contributed by atoms with Crippen LogP contribution in [-0.4, -0.2) is 29.9 Å². The van der Waals surface area contributed by atoms with Gasteiger partial charge in [0.1, 0.15) is 10.6 Å². The maximum Gasteiger partial charge on any atom is 0.308 e. The van der Waals surface area contributed by atoms with Gasteiger partial charge in [-0.3, -0.25) is 19.0 Å². The third kappa shape index (κ3) is 3.88. The maximum atomic E-state index is 12.4. The number of aromatic nitrogens is 1. The van der Waals surface area contributed by atoms with Gasteiger partial charge in [0.2, 0.25) is 0 Å². The van der Waals surface area contributed by atoms with E-state index in [1.54, 1.807) is 36.8 Å². The summed E-state index contributed by atoms with van der Waals surface area (Å²) in [5, 5.41) is 2.90. The number of ketones is 1. The molecule has 26 heavy (non-hydrogen) atoms. The number of carbonyl (C=O) groups is 2. The largest absolute Gasteiger partial charge is 0.496 e. The summed E-state index contributed by atoms with van der Waals surface area (Å²) < 4.78 is 6.91. The number of methoxy groups -OCH3 is 1. The molecule has 1 aliphatic rings. The molecule has 1 aromatic heterocycles. The molecule has 1 aliphatic carbocycles. The van der Waals surface area contributed by atoms with E-state index >= 15 is 0 Å². The van der Waals surface area contributed by atoms with Crippen LogP contribution in [0.1, 0.15) is 51.1 Å². The lowest BCUT2D eigenvalue weighted by molar-refractivity contribution is 0.0953. The van der Waals surface area contributed by atoms with Crippen LogP contribution in [-0.2, 0) is 6.54 Å². The molecule has 138 valence electrons. The number of thiazole rings is 1. The Balaban J connectivity index is 1.88. The lowest BCUT2D eigenvalue weighted by Crippen LogP contribution is -2.25. The van der Waals surface area contributed by atoms with Gasteiger partial charge in [-0.15, -0.1) is 0 Å². The molecule has 0 radical (unpaired) electrons. The lowest BCUT2D eigenvalue weighted by atomic mass is 10.1. The molecule has 1 aromatic carbocycles. The highest BCUT2D eigenvalue weighted by atomic mass is 32.1. The van der Waals surface area contributed by atoms with Gasteiger partial charge in [0.15, 0.2) is 5.78 Å². The van der Waals surface area contributed by atoms with Crippen LogP contribution in [0.5, 0.6) is 5.75 Å². The normalized spacial score (nSPS) is 13.5. The Morgan fingerprint density at radius 2 is 2.08 bits per heavy atom. The van der Waals surface area contributed by atoms with Crippen molar-refractivity contribution in [1.29, 1.82) is 0 Å². The molecule has 2 aromatic rings. The van der Waals surface area contributed by atoms with Crippen LogP contribution >= 0.6 is 11.3 Å². The SMILES string of the molecule is COc1ccc(C(C)=O)cc1Cn1c(C)c(C(=O)NCC2CC2)sc1=O. The minimum Gasteiger partial charge on any atom is -0.496 e. The van der Waals surface area contributed by atoms with Crippen LogP contribution in [0.3, 0.4) is 0 Å². The fourth-order valence-corrected chi connectivity index (χ4v) is 3.71. The molecule has 6 nitrogen and oxygen atoms in total. The van der Waals surface area contributed by atoms with Gasteiger partial charge in [-0.1, -0.05) is 11.3 Å². The second-order valence-corrected chi connectivity index (χ2v) is 7.57. The summed E-state index contributed by atoms with van der Waals surface area (Å²) in [6.07, 6.45) is 2.31. The third-order valence-electron chi connectivity index (χ3n) is 4.61. The molecule has 0 spiro atoms. The lowest BCUT2D eigenvalue weighted by Gasteiger charge is -2.12. The first-order valence-corrected chi connectivity index (χ1v) is 9.38. The molecule has 1 saturated carbocycles. The van der Waals surface area contributed by atoms with Gasteiger partial charge < -0.3 is 10.1 Å². The highest BCUT2D eigenvalue weighted by molar-refractivity contribution is 7.11. The summed E-state index contributed by atoms with van der Waals surface area (Å²) in [6, 6.07) is 5.16. The molecule has 3 rings (SSSR count). The zero-order valence-electron chi connectivity index (χ0n) is 15.1. The number of nitrogens with zero attached hydrogens (tertiary/aromatic N) is 1. The predicted molar refractivity (Wildman–Crippen MR) is 100 cm³/mol. The van der Waals surface area contributed by atoms with E-state index in [-0.39, 0.29) is 23.1 Å². The highest BCUT2D eigenvalue weighted by Gasteiger charge is 2.24. The molecule has 0 atom stereocenters. The summed E-state index contributed by atoms with van der Waals surface area (Å²) in [4.78, 5) is 36.7. The van der Waals surface area contributed by atoms with Gasteiger partial charge in [-0.05, 0) is 50.8 Å². The second-order valence-electron chi connectivity index (χ2n) is 6.60. The maximum absolute atomic E-state index is 12.4. The molecule has 1 heterocycles. The van der Waals surface area contributed by atoms with Crippen molar-refractivity contribution in [1.82, 2.24) is 9.88 Å². The molecule has 1 N–H and O–H groups in total. The minimum atomic E-state index is -0.200. The summed E-state index contributed by atoms with van der Waals surface area (Å²) in [5.41, 5.74) is 1.92. The molecular weight excluding hydrogens is 352 g/mol. The number of benzene rings is 1. The number of nitrogens with one attached hydrogen (secondary N) is 1. The number of hydrogen-bond donors (Lipinski definition) is 1. The van der Waals surface area contributed by atoms with Crippen molar-refractivity contribution in [3.05, 3.63) is 49.6 Å². The van der Waals surface area contributed by atoms with Crippen LogP contribution in [0.25, 0.3) is 0 Å². The minimum absolute atomic E-state index is 0.0524. The Kier molecular flexibility index (Phi) is 5.27. The standard InChI is InChI=1S/C19H22N2O4S/c1-11-17(18(23)20-9-13-4-5-13)26-19(24)21(11)10-15-8-14(12(2)22)6-7-16(15)25-3/h6-8,13H,4-5,9-10H2,1-3H3,(H,20,23). The summed E-state index contributed by atoms with van der Waals surface area (Å²) in [6.45, 7) is 4.18. The topological polar surface area (TPSA) is 77.4 Å². The Hall–Kier alpha value is -2.41. The van der Waals surface area contributed by atoms with Crippen LogP contribution in [0, 0.1) is 12.8 Å². The van der Waals surface area contributed by atoms with E-state index in [0.29, 0.717) is 34.3 Å². The Bertz CT molecular complexity index is 909. The molecule has 1 fully saturated rings. The predicted octanol–water partition coefficient (Wildman–Crippen LogP) is 2.62. The summed E-state index contributed by atoms with van der Waals surface area (Å²) in [5.74, 6) is 0.937. The Morgan fingerprint density at radius 1 is 1.35 bits per heavy atom. The highest BCUT2D eigenvalue weighted by Crippen LogP contribution is 2.28. The summed E-state index contributed by atoms with van der Waals surface area (Å²) in [7, 11) is 1.55. The van der Waals surface area contributed by atoms with Gasteiger partial charge in [-0.2, -0.15) is 0 Å². The first-order valence-electron chi connectivity index (χ1n) is 8.57. The zero-order valence-corrected chi connectivity index (χ0v) is 15.9. The number of hydrogen-bond acceptors (Lipinski definition) is 5. The average molecular weight is 374 g/mol. The fraction of sp³-hybridized carbons (Fsp3) is 0.421. The number of carbonyl (C=O) groups excluding carboxylic acids is 2. The monoisotopic (exact) mass is 374 g/mol. The average Bonchev–Trinajstić information content (AvgIpc) is 3.41. The number of rotatable bonds is 7. The Morgan fingerprint density at radius 3 is 2.69 bits per heavy atom. The second kappa shape index (κ2) is 7.45. The van der Waals surface area contributed by atoms with Crippen molar-refractivity contribution in [2.75, 3.05) is 13.7 Å². The Labute approximate surface area is 155 Å². The smallest absolute Gasteiger partial charge is 0.308 e. The molecule has 1 amide bonds. The van der Waals surface area contributed by atoms with Crippen molar-refractivity contribution in [3.8, 4) is 5.75 Å². The van der Waals surface area contributed by atoms with E-state index in [4.69, 9.17) is 4.74 Å². The van der Waals surface area contributed by atoms with Gasteiger partial charge in [-0.25, -0.2) is 0 Å². The van der Waals surface area contributed by atoms with E-state index in [0.717, 1.165) is 29.7 Å². The van der Waals surface area contributed by atoms with Crippen molar-refractivity contribution >= 4 is 23.0 Å². The van der Waals surface area contributed by atoms with Crippen LogP contribution in [0.2, 0.25) is 0 Å². The van der Waals surface area contributed by atoms with E-state index in [9.17, 15) is 14.4 Å². The first-order chi connectivity index (χ1) is 12.4. The van der Waals surface area contributed by atoms with Gasteiger partial charge in [0, 0.05) is 23.4 Å². The number of ether oxygens (including phenoxy) is 1. The molecule has 7 heteroatoms. The van der Waals surface area contributed by atoms with E-state index in [1.165, 1.54) is 6.92 Å². The van der Waals surface area contributed by atoms with Crippen molar-refractivity contribution in [3.63, 3.8) is 0 Å². The quantitative estimate of drug-likeness (QED) is 0.756. The van der Waals surface area contributed by atoms with Gasteiger partial charge >= 0.3 is 4.87 Å². The van der Waals surface area contributed by atoms with Crippen LogP contribution in [0.15, 0.2) is 23.0 Å². The van der Waals surface area contributed by atoms with Crippen molar-refractivity contribution in [2.45, 2.75) is 33.2 Å². The summed E-state index contributed by atoms with van der Waals surface area (Å²) >= 11 is 0.952. The molecule has 0 unspecified atom stereocenters. The van der Waals surface area contributed by atoms with Crippen molar-refractivity contribution < 1.29 is 14.3 Å². The number of Topliss-reactive ketones (excluding diaryl/α,β-unsaturated/α-hetero) is 1. The zero-order chi connectivity index (χ0) is 18.8. The molecule has 0 bridgehead atoms. The van der Waals surface area contributed by atoms with E-state index < -0.39 is 0 Å². The number of amides is 1. The van der Waals surface area contributed by atoms with Crippen molar-refractivity contribution in [2.24, 2.45) is 5.92 Å².